The van der Waals surface area contributed by atoms with Gasteiger partial charge < -0.3 is 99.4 Å². The highest BCUT2D eigenvalue weighted by molar-refractivity contribution is 8.93. The number of thioether (sulfide) groups is 1. The van der Waals surface area contributed by atoms with Crippen molar-refractivity contribution in [2.45, 2.75) is 137 Å². The fraction of sp³-hybridized carbons (Fsp3) is 0.340. The van der Waals surface area contributed by atoms with Crippen molar-refractivity contribution in [2.75, 3.05) is 126 Å². The molecule has 10 aromatic rings. The van der Waals surface area contributed by atoms with Gasteiger partial charge in [0.1, 0.15) is 28.7 Å². The van der Waals surface area contributed by atoms with Crippen LogP contribution in [0.2, 0.25) is 10.3 Å². The zero-order valence-electron chi connectivity index (χ0n) is 84.3. The summed E-state index contributed by atoms with van der Waals surface area (Å²) in [5.74, 6) is -0.202. The molecule has 5 heterocycles. The lowest BCUT2D eigenvalue weighted by Crippen LogP contribution is -2.30. The van der Waals surface area contributed by atoms with E-state index in [-0.39, 0.29) is 118 Å². The molecule has 2 aromatic heterocycles. The van der Waals surface area contributed by atoms with Crippen LogP contribution in [0.15, 0.2) is 199 Å². The summed E-state index contributed by atoms with van der Waals surface area (Å²) in [7, 11) is 17.2. The molecule has 3 aliphatic heterocycles. The SMILES string of the molecule is Br.C.C.CN.CN(C)C(=S)Cl.CN(C)C(=S)Oc1ccc(CCCCCC(=N)CC(=O)c2nc(Cl)c(N)nc2N)cc1.CN(C)C(=S)Oc1ccc(CCCCN)cc1.CN(C)C(=S)Oc1ccc(CCCCN2C(=O)c3ccccc3C2=O)cc1.CO.CSC(C)=NC(=O)c1nc(Cl)c(N)nc1N.NCCCCc1ccc(O)cc1.O=C1OC(=O)c2ccccc21.O=C1c2ccccc2C(=O)N1CCCCc1ccc(O)cc1. The third-order valence-corrected chi connectivity index (χ3v) is 24.0. The number of nitrogens with one attached hydrogen (secondary N) is 1. The lowest BCUT2D eigenvalue weighted by molar-refractivity contribution is 0.0440. The number of phenols is 2. The second-order valence-electron chi connectivity index (χ2n) is 32.6. The number of unbranched alkanes of at least 4 members (excludes halogenated alkanes) is 6. The normalized spacial score (nSPS) is 11.2. The number of anilines is 4. The van der Waals surface area contributed by atoms with Crippen LogP contribution >= 0.6 is 112 Å². The molecule has 0 spiro atoms. The van der Waals surface area contributed by atoms with Crippen LogP contribution in [0, 0.1) is 5.41 Å². The van der Waals surface area contributed by atoms with E-state index in [2.05, 4.69) is 59.7 Å². The van der Waals surface area contributed by atoms with Gasteiger partial charge in [-0.05, 0) is 310 Å². The van der Waals surface area contributed by atoms with E-state index in [1.54, 1.807) is 144 Å². The van der Waals surface area contributed by atoms with E-state index in [4.69, 9.17) is 136 Å². The Bertz CT molecular complexity index is 5910. The number of phenolic OH excluding ortho intramolecular Hbond substituents is 2. The van der Waals surface area contributed by atoms with Crippen molar-refractivity contribution in [3.05, 3.63) is 277 Å². The number of halogens is 4. The summed E-state index contributed by atoms with van der Waals surface area (Å²) in [5, 5.41) is 35.1. The zero-order chi connectivity index (χ0) is 109. The molecule has 149 heavy (non-hydrogen) atoms. The van der Waals surface area contributed by atoms with Gasteiger partial charge in [-0.1, -0.05) is 153 Å². The molecule has 8 aromatic carbocycles. The number of carbonyl (C=O) groups excluding carboxylic acids is 8. The summed E-state index contributed by atoms with van der Waals surface area (Å²) in [5.41, 5.74) is 46.5. The number of nitrogens with zero attached hydrogens (tertiary/aromatic N) is 11. The van der Waals surface area contributed by atoms with Crippen molar-refractivity contribution in [3.8, 4) is 28.7 Å². The molecule has 0 saturated carbocycles. The topological polar surface area (TPSA) is 524 Å². The van der Waals surface area contributed by atoms with E-state index < -0.39 is 17.8 Å². The van der Waals surface area contributed by atoms with Gasteiger partial charge in [0.2, 0.25) is 0 Å². The Morgan fingerprint density at radius 1 is 0.430 bits per heavy atom. The standard InChI is InChI=1S/C21H27ClN6O2S.C21H22N2O3S.C18H17NO3.C13H20N2OS.C10H15NO.C8H10ClN5OS.C8H4O3.C3H6ClNS.CH5N.CH4O.2CH4.BrH/c1-28(2)21(31)30-15-10-8-13(9-11-15)6-4-3-5-7-14(23)12-16(29)17-19(24)27-20(25)18(22)26-17;1-22(2)21(27)26-16-12-10-15(11-13-16)7-5-6-14-23-19(24)17-8-3-4-9-18(17)20(23)25;20-14-10-8-13(9-11-14)5-3-4-12-19-17(21)15-6-1-2-7-16(15)18(19)22;1-15(2)13(17)16-12-8-6-11(7-9-12)5-3-4-10-14;11-8-2-1-3-9-4-6-10(12)7-5-9;1-3(16-2)12-8(15)4-6(10)14-7(11)5(9)13-4;9-7-5-3-1-2-4-6(5)8(10)11-7;1-5(2)3(4)6;2*1-2;;;/h8-11,23H,3-7,12H2,1-2H3,(H4,24,25,27);3-4,8-13H,5-7,14H2,1-2H3;1-2,6-11,20H,3-5,12H2;6-9H,3-5,10,14H2,1-2H3;4-7,12H,1-3,8,11H2;1-2H3,(H4,10,11,14);1-4H;1-2H3;2H2,1H3;2H,1H3;2*1H4;1H. The van der Waals surface area contributed by atoms with Gasteiger partial charge in [-0.3, -0.25) is 38.6 Å². The number of carbonyl (C=O) groups is 8. The van der Waals surface area contributed by atoms with Crippen LogP contribution in [-0.4, -0.2) is 246 Å². The number of esters is 2. The molecule has 5 amide bonds. The fourth-order valence-corrected chi connectivity index (χ4v) is 13.6. The summed E-state index contributed by atoms with van der Waals surface area (Å²) >= 11 is 37.9. The maximum Gasteiger partial charge on any atom is 0.346 e. The van der Waals surface area contributed by atoms with Crippen molar-refractivity contribution < 1.29 is 72.6 Å². The number of aromatic hydroxyl groups is 2. The van der Waals surface area contributed by atoms with Gasteiger partial charge in [-0.2, -0.15) is 0 Å². The average molecular weight is 2270 g/mol. The molecular formula is C106H139BrCl3N19O15S5. The first kappa shape index (κ1) is 134. The Morgan fingerprint density at radius 3 is 0.993 bits per heavy atom. The van der Waals surface area contributed by atoms with Crippen LogP contribution in [0.25, 0.3) is 0 Å². The van der Waals surface area contributed by atoms with Gasteiger partial charge >= 0.3 is 11.9 Å². The van der Waals surface area contributed by atoms with Crippen molar-refractivity contribution in [1.29, 1.82) is 5.41 Å². The highest BCUT2D eigenvalue weighted by atomic mass is 79.9. The average Bonchev–Trinajstić information content (AvgIpc) is 1.63. The highest BCUT2D eigenvalue weighted by Crippen LogP contribution is 2.29. The quantitative estimate of drug-likeness (QED) is 0.00184. The van der Waals surface area contributed by atoms with Crippen LogP contribution < -0.4 is 54.3 Å². The van der Waals surface area contributed by atoms with Crippen LogP contribution in [0.1, 0.15) is 216 Å². The van der Waals surface area contributed by atoms with Gasteiger partial charge in [0, 0.05) is 82.3 Å². The Kier molecular flexibility index (Phi) is 65.5. The molecule has 3 aliphatic rings. The summed E-state index contributed by atoms with van der Waals surface area (Å²) in [6.07, 6.45) is 17.6. The predicted octanol–water partition coefficient (Wildman–Crippen LogP) is 18.6. The number of aliphatic imine (C=N–C) groups is 1. The molecule has 13 rings (SSSR count). The maximum atomic E-state index is 12.3. The van der Waals surface area contributed by atoms with Crippen LogP contribution in [0.3, 0.4) is 0 Å². The smallest absolute Gasteiger partial charge is 0.346 e. The number of amides is 5. The third kappa shape index (κ3) is 47.8. The number of nitrogens with two attached hydrogens (primary N) is 7. The number of nitrogen functional groups attached to an aromatic ring is 4. The number of hydrogen-bond donors (Lipinski definition) is 11. The van der Waals surface area contributed by atoms with E-state index in [1.165, 1.54) is 50.9 Å². The van der Waals surface area contributed by atoms with Crippen LogP contribution in [0.4, 0.5) is 23.3 Å². The van der Waals surface area contributed by atoms with Gasteiger partial charge in [-0.25, -0.2) is 34.5 Å². The monoisotopic (exact) mass is 2260 g/mol. The number of aryl methyl sites for hydroxylation is 5. The van der Waals surface area contributed by atoms with Crippen molar-refractivity contribution in [1.82, 2.24) is 49.3 Å². The molecule has 0 aliphatic carbocycles. The lowest BCUT2D eigenvalue weighted by Gasteiger charge is -2.14. The molecule has 18 N–H and O–H groups in total. The minimum Gasteiger partial charge on any atom is -0.508 e. The van der Waals surface area contributed by atoms with E-state index >= 15 is 0 Å². The Hall–Kier alpha value is -12.7. The second-order valence-corrected chi connectivity index (χ2v) is 36.3. The summed E-state index contributed by atoms with van der Waals surface area (Å²) in [4.78, 5) is 123. The number of thiocarbonyl (C=S) groups is 4. The number of Topliss-reactive ketones (excluding diaryl/α,β-unsaturated/α-hetero) is 1. The van der Waals surface area contributed by atoms with E-state index in [1.807, 2.05) is 127 Å². The third-order valence-electron chi connectivity index (χ3n) is 20.7. The van der Waals surface area contributed by atoms with Gasteiger partial charge in [0.15, 0.2) is 55.2 Å². The predicted molar refractivity (Wildman–Crippen MR) is 622 cm³/mol. The number of hydrogen-bond acceptors (Lipinski definition) is 32. The molecule has 34 nitrogen and oxygen atoms in total. The first-order chi connectivity index (χ1) is 69.6. The van der Waals surface area contributed by atoms with Gasteiger partial charge in [-0.15, -0.1) is 28.7 Å². The summed E-state index contributed by atoms with van der Waals surface area (Å²) < 4.78 is 21.4. The first-order valence-corrected chi connectivity index (χ1v) is 50.1. The molecule has 0 fully saturated rings. The fourth-order valence-electron chi connectivity index (χ4n) is 12.8. The number of aliphatic hydroxyl groups excluding tert-OH is 1. The summed E-state index contributed by atoms with van der Waals surface area (Å²) in [6.45, 7) is 4.12. The number of imide groups is 2. The molecule has 0 saturated heterocycles. The van der Waals surface area contributed by atoms with Gasteiger partial charge in [0.05, 0.1) is 44.8 Å². The largest absolute Gasteiger partial charge is 0.508 e. The molecule has 43 heteroatoms. The van der Waals surface area contributed by atoms with E-state index in [0.29, 0.717) is 101 Å². The minimum atomic E-state index is -0.584. The summed E-state index contributed by atoms with van der Waals surface area (Å²) in [6, 6.07) is 58.6. The first-order valence-electron chi connectivity index (χ1n) is 46.1. The Morgan fingerprint density at radius 2 is 0.705 bits per heavy atom. The molecule has 0 atom stereocenters. The molecular weight excluding hydrogens is 2130 g/mol. The number of ether oxygens (including phenoxy) is 4. The van der Waals surface area contributed by atoms with Crippen molar-refractivity contribution in [3.63, 3.8) is 0 Å². The number of fused-ring (bicyclic) bond motifs is 3. The maximum absolute atomic E-state index is 12.3. The second kappa shape index (κ2) is 72.6. The van der Waals surface area contributed by atoms with Gasteiger partial charge in [0.25, 0.3) is 45.1 Å². The number of aromatic nitrogens is 4. The number of cyclic esters (lactones) is 2. The Labute approximate surface area is 925 Å². The highest BCUT2D eigenvalue weighted by Gasteiger charge is 2.36. The van der Waals surface area contributed by atoms with Crippen LogP contribution in [-0.2, 0) is 36.8 Å². The van der Waals surface area contributed by atoms with E-state index in [0.717, 1.165) is 134 Å². The number of benzene rings is 8. The van der Waals surface area contributed by atoms with E-state index in [9.17, 15) is 43.5 Å². The lowest BCUT2D eigenvalue weighted by atomic mass is 10.0. The minimum absolute atomic E-state index is 0. The van der Waals surface area contributed by atoms with Crippen molar-refractivity contribution in [2.24, 2.45) is 22.2 Å². The van der Waals surface area contributed by atoms with Crippen molar-refractivity contribution >= 4 is 214 Å². The zero-order valence-corrected chi connectivity index (χ0v) is 92.4. The van der Waals surface area contributed by atoms with Crippen LogP contribution in [0.5, 0.6) is 28.7 Å². The number of aliphatic hydroxyl groups is 1. The molecule has 0 unspecified atom stereocenters. The Balaban J connectivity index is 0.000000872. The molecule has 0 radical (unpaired) electrons. The molecule has 0 bridgehead atoms. The number of ketones is 1. The number of rotatable bonds is 31. The molecule has 806 valence electrons.